The zero-order valence-corrected chi connectivity index (χ0v) is 12.5. The summed E-state index contributed by atoms with van der Waals surface area (Å²) in [5.41, 5.74) is 0.174. The average molecular weight is 279 g/mol. The molecule has 1 aliphatic heterocycles. The van der Waals surface area contributed by atoms with Crippen LogP contribution in [0.15, 0.2) is 24.3 Å². The van der Waals surface area contributed by atoms with E-state index in [-0.39, 0.29) is 24.9 Å². The molecule has 1 aromatic rings. The Morgan fingerprint density at radius 3 is 2.55 bits per heavy atom. The Balaban J connectivity index is 2.31. The van der Waals surface area contributed by atoms with Gasteiger partial charge in [-0.2, -0.15) is 0 Å². The summed E-state index contributed by atoms with van der Waals surface area (Å²) in [6.07, 6.45) is 1.46. The van der Waals surface area contributed by atoms with E-state index in [1.165, 1.54) is 0 Å². The Bertz CT molecular complexity index is 447. The second-order valence-electron chi connectivity index (χ2n) is 6.25. The van der Waals surface area contributed by atoms with Crippen molar-refractivity contribution in [1.82, 2.24) is 5.32 Å². The van der Waals surface area contributed by atoms with Gasteiger partial charge < -0.3 is 20.3 Å². The molecule has 0 spiro atoms. The van der Waals surface area contributed by atoms with E-state index in [1.807, 2.05) is 31.2 Å². The maximum absolute atomic E-state index is 9.63. The number of rotatable bonds is 5. The van der Waals surface area contributed by atoms with Gasteiger partial charge in [0.2, 0.25) is 0 Å². The van der Waals surface area contributed by atoms with Gasteiger partial charge in [-0.25, -0.2) is 0 Å². The summed E-state index contributed by atoms with van der Waals surface area (Å²) in [6, 6.07) is 8.02. The van der Waals surface area contributed by atoms with Gasteiger partial charge in [-0.3, -0.25) is 0 Å². The molecule has 0 aromatic heterocycles. The Hall–Kier alpha value is -1.10. The summed E-state index contributed by atoms with van der Waals surface area (Å²) in [6.45, 7) is 5.92. The zero-order valence-electron chi connectivity index (χ0n) is 12.5. The summed E-state index contributed by atoms with van der Waals surface area (Å²) in [4.78, 5) is 0. The van der Waals surface area contributed by atoms with Crippen molar-refractivity contribution in [2.24, 2.45) is 0 Å². The predicted octanol–water partition coefficient (Wildman–Crippen LogP) is 2.01. The van der Waals surface area contributed by atoms with E-state index in [9.17, 15) is 10.2 Å². The van der Waals surface area contributed by atoms with Gasteiger partial charge in [0.15, 0.2) is 0 Å². The molecular formula is C16H25NO3. The molecule has 3 N–H and O–H groups in total. The highest BCUT2D eigenvalue weighted by molar-refractivity contribution is 5.39. The Morgan fingerprint density at radius 2 is 1.95 bits per heavy atom. The lowest BCUT2D eigenvalue weighted by Crippen LogP contribution is -2.54. The Labute approximate surface area is 120 Å². The molecule has 0 aliphatic carbocycles. The summed E-state index contributed by atoms with van der Waals surface area (Å²) in [5.74, 6) is 0.877. The number of para-hydroxylation sites is 1. The van der Waals surface area contributed by atoms with Crippen molar-refractivity contribution in [1.29, 1.82) is 0 Å². The van der Waals surface area contributed by atoms with Gasteiger partial charge in [0.25, 0.3) is 0 Å². The van der Waals surface area contributed by atoms with Crippen molar-refractivity contribution < 1.29 is 14.9 Å². The molecule has 0 radical (unpaired) electrons. The number of benzene rings is 1. The van der Waals surface area contributed by atoms with Gasteiger partial charge in [0.1, 0.15) is 11.4 Å². The monoisotopic (exact) mass is 279 g/mol. The molecule has 1 aliphatic rings. The second kappa shape index (κ2) is 5.72. The molecule has 0 bridgehead atoms. The van der Waals surface area contributed by atoms with Gasteiger partial charge in [0.05, 0.1) is 18.8 Å². The van der Waals surface area contributed by atoms with Crippen molar-refractivity contribution in [3.63, 3.8) is 0 Å². The maximum Gasteiger partial charge on any atom is 0.124 e. The molecule has 0 amide bonds. The quantitative estimate of drug-likeness (QED) is 0.771. The van der Waals surface area contributed by atoms with Gasteiger partial charge in [-0.1, -0.05) is 25.1 Å². The number of nitrogens with one attached hydrogen (secondary N) is 1. The maximum atomic E-state index is 9.63. The highest BCUT2D eigenvalue weighted by atomic mass is 16.5. The molecule has 2 rings (SSSR count). The average Bonchev–Trinajstić information content (AvgIpc) is 2.43. The van der Waals surface area contributed by atoms with Crippen molar-refractivity contribution in [2.45, 2.75) is 50.8 Å². The standard InChI is InChI=1S/C16H25NO3/c1-4-16(10-18,11-19)17-13-9-15(2,3)20-14-8-6-5-7-12(13)14/h5-8,13,17-19H,4,9-11H2,1-3H3. The Kier molecular flexibility index (Phi) is 4.37. The fourth-order valence-electron chi connectivity index (χ4n) is 2.77. The lowest BCUT2D eigenvalue weighted by Gasteiger charge is -2.42. The third kappa shape index (κ3) is 2.97. The molecular weight excluding hydrogens is 254 g/mol. The van der Waals surface area contributed by atoms with E-state index in [2.05, 4.69) is 19.2 Å². The van der Waals surface area contributed by atoms with Crippen molar-refractivity contribution in [3.8, 4) is 5.75 Å². The van der Waals surface area contributed by atoms with E-state index >= 15 is 0 Å². The van der Waals surface area contributed by atoms with E-state index in [1.54, 1.807) is 0 Å². The first-order valence-electron chi connectivity index (χ1n) is 7.22. The first kappa shape index (κ1) is 15.3. The van der Waals surface area contributed by atoms with Crippen LogP contribution in [-0.4, -0.2) is 34.6 Å². The van der Waals surface area contributed by atoms with Crippen LogP contribution < -0.4 is 10.1 Å². The van der Waals surface area contributed by atoms with Crippen LogP contribution >= 0.6 is 0 Å². The van der Waals surface area contributed by atoms with Crippen LogP contribution in [0.25, 0.3) is 0 Å². The second-order valence-corrected chi connectivity index (χ2v) is 6.25. The third-order valence-corrected chi connectivity index (χ3v) is 4.14. The molecule has 1 heterocycles. The zero-order chi connectivity index (χ0) is 14.8. The van der Waals surface area contributed by atoms with Crippen LogP contribution in [0.1, 0.15) is 45.2 Å². The Morgan fingerprint density at radius 1 is 1.30 bits per heavy atom. The van der Waals surface area contributed by atoms with Crippen LogP contribution in [0.5, 0.6) is 5.75 Å². The van der Waals surface area contributed by atoms with E-state index in [0.29, 0.717) is 6.42 Å². The minimum Gasteiger partial charge on any atom is -0.487 e. The van der Waals surface area contributed by atoms with Gasteiger partial charge in [-0.05, 0) is 26.3 Å². The van der Waals surface area contributed by atoms with Crippen LogP contribution in [0.3, 0.4) is 0 Å². The molecule has 0 fully saturated rings. The largest absolute Gasteiger partial charge is 0.487 e. The molecule has 1 aromatic carbocycles. The van der Waals surface area contributed by atoms with Gasteiger partial charge >= 0.3 is 0 Å². The molecule has 1 unspecified atom stereocenters. The van der Waals surface area contributed by atoms with Crippen molar-refractivity contribution in [3.05, 3.63) is 29.8 Å². The lowest BCUT2D eigenvalue weighted by atomic mass is 9.86. The van der Waals surface area contributed by atoms with Crippen LogP contribution in [0, 0.1) is 0 Å². The number of hydrogen-bond acceptors (Lipinski definition) is 4. The smallest absolute Gasteiger partial charge is 0.124 e. The fraction of sp³-hybridized carbons (Fsp3) is 0.625. The normalized spacial score (nSPS) is 21.1. The van der Waals surface area contributed by atoms with E-state index in [0.717, 1.165) is 17.7 Å². The first-order valence-corrected chi connectivity index (χ1v) is 7.22. The topological polar surface area (TPSA) is 61.7 Å². The molecule has 0 saturated heterocycles. The lowest BCUT2D eigenvalue weighted by molar-refractivity contribution is 0.0335. The minimum atomic E-state index is -0.648. The molecule has 112 valence electrons. The number of aliphatic hydroxyl groups is 2. The third-order valence-electron chi connectivity index (χ3n) is 4.14. The first-order chi connectivity index (χ1) is 9.45. The number of fused-ring (bicyclic) bond motifs is 1. The minimum absolute atomic E-state index is 0.0641. The van der Waals surface area contributed by atoms with Crippen molar-refractivity contribution >= 4 is 0 Å². The van der Waals surface area contributed by atoms with Gasteiger partial charge in [-0.15, -0.1) is 0 Å². The molecule has 4 heteroatoms. The summed E-state index contributed by atoms with van der Waals surface area (Å²) in [7, 11) is 0. The number of aliphatic hydroxyl groups excluding tert-OH is 2. The van der Waals surface area contributed by atoms with Crippen LogP contribution in [-0.2, 0) is 0 Å². The molecule has 1 atom stereocenters. The highest BCUT2D eigenvalue weighted by Crippen LogP contribution is 2.40. The predicted molar refractivity (Wildman–Crippen MR) is 78.8 cm³/mol. The van der Waals surface area contributed by atoms with E-state index < -0.39 is 5.54 Å². The molecule has 4 nitrogen and oxygen atoms in total. The summed E-state index contributed by atoms with van der Waals surface area (Å²) in [5, 5.41) is 22.7. The molecule has 0 saturated carbocycles. The van der Waals surface area contributed by atoms with Crippen LogP contribution in [0.2, 0.25) is 0 Å². The van der Waals surface area contributed by atoms with Crippen molar-refractivity contribution in [2.75, 3.05) is 13.2 Å². The SMILES string of the molecule is CCC(CO)(CO)NC1CC(C)(C)Oc2ccccc21. The van der Waals surface area contributed by atoms with Crippen LogP contribution in [0.4, 0.5) is 0 Å². The van der Waals surface area contributed by atoms with Gasteiger partial charge in [0, 0.05) is 18.0 Å². The number of ether oxygens (including phenoxy) is 1. The summed E-state index contributed by atoms with van der Waals surface area (Å²) >= 11 is 0. The molecule has 20 heavy (non-hydrogen) atoms. The van der Waals surface area contributed by atoms with E-state index in [4.69, 9.17) is 4.74 Å². The number of hydrogen-bond donors (Lipinski definition) is 3. The fourth-order valence-corrected chi connectivity index (χ4v) is 2.77. The highest BCUT2D eigenvalue weighted by Gasteiger charge is 2.38. The summed E-state index contributed by atoms with van der Waals surface area (Å²) < 4.78 is 6.00.